The third-order valence-electron chi connectivity index (χ3n) is 1.36. The van der Waals surface area contributed by atoms with E-state index in [2.05, 4.69) is 30.8 Å². The van der Waals surface area contributed by atoms with Gasteiger partial charge in [-0.05, 0) is 0 Å². The predicted molar refractivity (Wildman–Crippen MR) is 45.7 cm³/mol. The van der Waals surface area contributed by atoms with Gasteiger partial charge in [0.25, 0.3) is 0 Å². The van der Waals surface area contributed by atoms with Gasteiger partial charge in [-0.2, -0.15) is 0 Å². The molecular weight excluding hydrogens is 312 g/mol. The quantitative estimate of drug-likeness (QED) is 0.567. The van der Waals surface area contributed by atoms with Gasteiger partial charge in [0.1, 0.15) is 0 Å². The molecule has 0 amide bonds. The van der Waals surface area contributed by atoms with Crippen molar-refractivity contribution >= 4 is 28.9 Å². The molecule has 0 aliphatic carbocycles. The number of benzene rings is 1. The molecule has 10 heavy (non-hydrogen) atoms. The van der Waals surface area contributed by atoms with Crippen LogP contribution in [0.3, 0.4) is 0 Å². The van der Waals surface area contributed by atoms with Gasteiger partial charge in [-0.15, -0.1) is 0 Å². The van der Waals surface area contributed by atoms with Crippen molar-refractivity contribution in [2.45, 2.75) is 6.42 Å². The Morgan fingerprint density at radius 1 is 1.30 bits per heavy atom. The van der Waals surface area contributed by atoms with Crippen LogP contribution in [-0.4, -0.2) is 25.8 Å². The number of allylic oxidation sites excluding steroid dienone is 1. The third kappa shape index (κ3) is 2.25. The number of hydrogen-bond donors (Lipinski definition) is 0. The first kappa shape index (κ1) is 7.98. The van der Waals surface area contributed by atoms with Crippen molar-refractivity contribution in [3.63, 3.8) is 0 Å². The van der Waals surface area contributed by atoms with Gasteiger partial charge in [0.15, 0.2) is 0 Å². The van der Waals surface area contributed by atoms with Gasteiger partial charge in [0.2, 0.25) is 0 Å². The molecule has 1 heteroatoms. The van der Waals surface area contributed by atoms with Crippen LogP contribution in [-0.2, 0) is 6.42 Å². The van der Waals surface area contributed by atoms with E-state index in [4.69, 9.17) is 0 Å². The van der Waals surface area contributed by atoms with Gasteiger partial charge in [0, 0.05) is 0 Å². The van der Waals surface area contributed by atoms with Crippen LogP contribution in [0.4, 0.5) is 0 Å². The average Bonchev–Trinajstić information content (AvgIpc) is 1.95. The van der Waals surface area contributed by atoms with Gasteiger partial charge >= 0.3 is 77.8 Å². The first-order valence-electron chi connectivity index (χ1n) is 3.28. The third-order valence-corrected chi connectivity index (χ3v) is 2.86. The molecular formula is C9H9Tl. The van der Waals surface area contributed by atoms with E-state index in [9.17, 15) is 0 Å². The summed E-state index contributed by atoms with van der Waals surface area (Å²) in [4.78, 5) is 0. The van der Waals surface area contributed by atoms with Gasteiger partial charge in [-0.1, -0.05) is 0 Å². The number of hydrogen-bond acceptors (Lipinski definition) is 0. The zero-order chi connectivity index (χ0) is 7.40. The Kier molecular flexibility index (Phi) is 3.12. The molecule has 0 nitrogen and oxygen atoms in total. The summed E-state index contributed by atoms with van der Waals surface area (Å²) in [5.41, 5.74) is 1.36. The SMILES string of the molecule is C=CCc1cc[c]([Tl])cc1. The van der Waals surface area contributed by atoms with Crippen molar-refractivity contribution < 1.29 is 0 Å². The molecule has 1 aromatic carbocycles. The topological polar surface area (TPSA) is 0 Å². The van der Waals surface area contributed by atoms with E-state index in [-0.39, 0.29) is 0 Å². The monoisotopic (exact) mass is 322 g/mol. The van der Waals surface area contributed by atoms with Crippen molar-refractivity contribution in [2.75, 3.05) is 0 Å². The van der Waals surface area contributed by atoms with Gasteiger partial charge in [-0.3, -0.25) is 0 Å². The Morgan fingerprint density at radius 3 is 2.40 bits per heavy atom. The molecule has 0 heterocycles. The van der Waals surface area contributed by atoms with E-state index < -0.39 is 0 Å². The van der Waals surface area contributed by atoms with E-state index in [1.807, 2.05) is 6.08 Å². The van der Waals surface area contributed by atoms with Crippen LogP contribution in [0.5, 0.6) is 0 Å². The zero-order valence-electron chi connectivity index (χ0n) is 5.88. The van der Waals surface area contributed by atoms with Gasteiger partial charge in [-0.25, -0.2) is 0 Å². The minimum atomic E-state index is 0.961. The Morgan fingerprint density at radius 2 is 1.90 bits per heavy atom. The molecule has 0 atom stereocenters. The molecule has 1 rings (SSSR count). The molecule has 0 saturated heterocycles. The fourth-order valence-corrected chi connectivity index (χ4v) is 1.57. The maximum atomic E-state index is 3.69. The van der Waals surface area contributed by atoms with E-state index in [1.54, 1.807) is 0 Å². The van der Waals surface area contributed by atoms with E-state index in [0.29, 0.717) is 0 Å². The zero-order valence-corrected chi connectivity index (χ0v) is 10.4. The molecule has 0 fully saturated rings. The standard InChI is InChI=1S/C9H9.Tl/c1-2-6-9-7-4-3-5-8-9;/h2,4-5,7-8H,1,6H2;. The average molecular weight is 322 g/mol. The Hall–Kier alpha value is -0.118. The van der Waals surface area contributed by atoms with Crippen molar-refractivity contribution in [1.82, 2.24) is 0 Å². The molecule has 1 aromatic rings. The summed E-state index contributed by atoms with van der Waals surface area (Å²) in [5.74, 6) is 0. The van der Waals surface area contributed by atoms with Crippen LogP contribution in [0.15, 0.2) is 36.9 Å². The molecule has 0 N–H and O–H groups in total. The second-order valence-corrected chi connectivity index (χ2v) is 4.83. The molecule has 0 unspecified atom stereocenters. The minimum absolute atomic E-state index is 0.961. The summed E-state index contributed by atoms with van der Waals surface area (Å²) < 4.78 is 1.48. The van der Waals surface area contributed by atoms with Crippen LogP contribution in [0.2, 0.25) is 0 Å². The molecule has 0 spiro atoms. The van der Waals surface area contributed by atoms with Crippen molar-refractivity contribution in [3.05, 3.63) is 42.5 Å². The second kappa shape index (κ2) is 3.91. The summed E-state index contributed by atoms with van der Waals surface area (Å²) in [5, 5.41) is 0. The summed E-state index contributed by atoms with van der Waals surface area (Å²) in [6, 6.07) is 8.75. The van der Waals surface area contributed by atoms with Crippen LogP contribution >= 0.6 is 0 Å². The van der Waals surface area contributed by atoms with Crippen LogP contribution < -0.4 is 3.12 Å². The van der Waals surface area contributed by atoms with Crippen LogP contribution in [0.1, 0.15) is 5.56 Å². The Bertz CT molecular complexity index is 211. The summed E-state index contributed by atoms with van der Waals surface area (Å²) in [6.07, 6.45) is 2.93. The first-order valence-corrected chi connectivity index (χ1v) is 5.52. The normalized spacial score (nSPS) is 9.10. The Labute approximate surface area is 77.6 Å². The maximum absolute atomic E-state index is 3.69. The van der Waals surface area contributed by atoms with Crippen molar-refractivity contribution in [1.29, 1.82) is 0 Å². The summed E-state index contributed by atoms with van der Waals surface area (Å²) in [7, 11) is 0. The van der Waals surface area contributed by atoms with Crippen molar-refractivity contribution in [3.8, 4) is 0 Å². The summed E-state index contributed by atoms with van der Waals surface area (Å²) in [6.45, 7) is 3.69. The fourth-order valence-electron chi connectivity index (χ4n) is 0.820. The van der Waals surface area contributed by atoms with E-state index in [0.717, 1.165) is 32.2 Å². The van der Waals surface area contributed by atoms with Crippen molar-refractivity contribution in [2.24, 2.45) is 0 Å². The van der Waals surface area contributed by atoms with Gasteiger partial charge in [0.05, 0.1) is 0 Å². The van der Waals surface area contributed by atoms with Gasteiger partial charge < -0.3 is 0 Å². The van der Waals surface area contributed by atoms with Crippen LogP contribution in [0.25, 0.3) is 0 Å². The second-order valence-electron chi connectivity index (χ2n) is 2.23. The molecule has 0 bridgehead atoms. The first-order chi connectivity index (χ1) is 4.83. The predicted octanol–water partition coefficient (Wildman–Crippen LogP) is 1.21. The molecule has 0 saturated carbocycles. The molecule has 48 valence electrons. The summed E-state index contributed by atoms with van der Waals surface area (Å²) >= 11 is 0.961. The molecule has 0 aliphatic rings. The Balaban J connectivity index is 2.78. The molecule has 0 aliphatic heterocycles. The number of rotatable bonds is 2. The van der Waals surface area contributed by atoms with E-state index >= 15 is 0 Å². The van der Waals surface area contributed by atoms with Crippen LogP contribution in [0, 0.1) is 0 Å². The fraction of sp³-hybridized carbons (Fsp3) is 0.111. The molecule has 0 aromatic heterocycles. The molecule has 0 radical (unpaired) electrons. The van der Waals surface area contributed by atoms with E-state index in [1.165, 1.54) is 8.69 Å².